The van der Waals surface area contributed by atoms with E-state index in [2.05, 4.69) is 20.6 Å². The zero-order valence-corrected chi connectivity index (χ0v) is 19.7. The molecule has 1 aromatic heterocycles. The maximum Gasteiger partial charge on any atom is 0.191 e. The van der Waals surface area contributed by atoms with Crippen LogP contribution in [-0.2, 0) is 13.1 Å². The molecule has 3 aromatic rings. The Morgan fingerprint density at radius 3 is 2.67 bits per heavy atom. The van der Waals surface area contributed by atoms with Gasteiger partial charge in [-0.05, 0) is 49.2 Å². The van der Waals surface area contributed by atoms with Gasteiger partial charge in [0, 0.05) is 25.5 Å². The summed E-state index contributed by atoms with van der Waals surface area (Å²) < 4.78 is 21.5. The van der Waals surface area contributed by atoms with Gasteiger partial charge >= 0.3 is 0 Å². The van der Waals surface area contributed by atoms with Crippen molar-refractivity contribution in [2.24, 2.45) is 4.99 Å². The van der Waals surface area contributed by atoms with Gasteiger partial charge in [0.05, 0.1) is 19.3 Å². The summed E-state index contributed by atoms with van der Waals surface area (Å²) >= 11 is 0. The quantitative estimate of drug-likeness (QED) is 0.277. The molecule has 0 aliphatic heterocycles. The van der Waals surface area contributed by atoms with Gasteiger partial charge in [0.25, 0.3) is 0 Å². The Labute approximate surface area is 193 Å². The lowest BCUT2D eigenvalue weighted by Crippen LogP contribution is -2.36. The van der Waals surface area contributed by atoms with Crippen molar-refractivity contribution in [3.8, 4) is 11.4 Å². The van der Waals surface area contributed by atoms with E-state index in [9.17, 15) is 4.39 Å². The summed E-state index contributed by atoms with van der Waals surface area (Å²) in [7, 11) is 1.65. The molecule has 0 amide bonds. The van der Waals surface area contributed by atoms with Crippen LogP contribution in [0.4, 0.5) is 4.39 Å². The number of methoxy groups -OCH3 is 1. The monoisotopic (exact) mass is 523 g/mol. The first-order valence-electron chi connectivity index (χ1n) is 9.54. The third-order valence-electron chi connectivity index (χ3n) is 4.46. The Balaban J connectivity index is 0.00000320. The van der Waals surface area contributed by atoms with E-state index in [-0.39, 0.29) is 29.8 Å². The number of nitrogens with zero attached hydrogens (tertiary/aromatic N) is 3. The van der Waals surface area contributed by atoms with Crippen LogP contribution in [0.2, 0.25) is 0 Å². The smallest absolute Gasteiger partial charge is 0.191 e. The zero-order valence-electron chi connectivity index (χ0n) is 17.4. The topological polar surface area (TPSA) is 63.5 Å². The number of guanidine groups is 1. The van der Waals surface area contributed by atoms with Gasteiger partial charge in [0.2, 0.25) is 0 Å². The van der Waals surface area contributed by atoms with Crippen LogP contribution >= 0.6 is 24.0 Å². The Bertz CT molecular complexity index is 989. The van der Waals surface area contributed by atoms with E-state index in [0.29, 0.717) is 24.7 Å². The van der Waals surface area contributed by atoms with Gasteiger partial charge in [-0.2, -0.15) is 0 Å². The zero-order chi connectivity index (χ0) is 20.6. The third kappa shape index (κ3) is 6.19. The predicted molar refractivity (Wildman–Crippen MR) is 128 cm³/mol. The third-order valence-corrected chi connectivity index (χ3v) is 4.46. The molecular weight excluding hydrogens is 496 g/mol. The molecule has 0 spiro atoms. The summed E-state index contributed by atoms with van der Waals surface area (Å²) in [4.78, 5) is 8.74. The number of aromatic nitrogens is 2. The van der Waals surface area contributed by atoms with E-state index in [0.717, 1.165) is 29.2 Å². The van der Waals surface area contributed by atoms with E-state index < -0.39 is 0 Å². The fourth-order valence-corrected chi connectivity index (χ4v) is 2.96. The normalized spacial score (nSPS) is 11.0. The van der Waals surface area contributed by atoms with Crippen molar-refractivity contribution in [1.82, 2.24) is 20.2 Å². The second-order valence-corrected chi connectivity index (χ2v) is 6.53. The van der Waals surface area contributed by atoms with Crippen LogP contribution < -0.4 is 15.4 Å². The van der Waals surface area contributed by atoms with Gasteiger partial charge < -0.3 is 19.9 Å². The molecular formula is C22H27FIN5O. The van der Waals surface area contributed by atoms with E-state index in [4.69, 9.17) is 4.74 Å². The minimum Gasteiger partial charge on any atom is -0.497 e. The number of hydrogen-bond acceptors (Lipinski definition) is 3. The molecule has 6 nitrogen and oxygen atoms in total. The molecule has 30 heavy (non-hydrogen) atoms. The second kappa shape index (κ2) is 11.5. The van der Waals surface area contributed by atoms with Gasteiger partial charge in [-0.3, -0.25) is 0 Å². The Kier molecular flexibility index (Phi) is 9.10. The molecule has 2 aromatic carbocycles. The average molecular weight is 523 g/mol. The number of ether oxygens (including phenoxy) is 1. The number of nitrogens with one attached hydrogen (secondary N) is 2. The van der Waals surface area contributed by atoms with Crippen LogP contribution in [0.1, 0.15) is 23.9 Å². The van der Waals surface area contributed by atoms with Crippen molar-refractivity contribution in [2.75, 3.05) is 13.7 Å². The minimum atomic E-state index is -0.288. The number of halogens is 2. The number of aliphatic imine (C=N–C) groups is 1. The number of aryl methyl sites for hydroxylation is 1. The molecule has 3 rings (SSSR count). The molecule has 0 radical (unpaired) electrons. The minimum absolute atomic E-state index is 0. The number of benzene rings is 2. The van der Waals surface area contributed by atoms with Crippen LogP contribution in [0.25, 0.3) is 5.69 Å². The highest BCUT2D eigenvalue weighted by Crippen LogP contribution is 2.17. The number of rotatable bonds is 7. The second-order valence-electron chi connectivity index (χ2n) is 6.53. The lowest BCUT2D eigenvalue weighted by molar-refractivity contribution is 0.414. The largest absolute Gasteiger partial charge is 0.497 e. The van der Waals surface area contributed by atoms with Gasteiger partial charge in [0.1, 0.15) is 17.4 Å². The molecule has 0 aliphatic rings. The summed E-state index contributed by atoms with van der Waals surface area (Å²) in [5.74, 6) is 1.93. The average Bonchev–Trinajstić information content (AvgIpc) is 3.16. The van der Waals surface area contributed by atoms with Crippen LogP contribution in [0.3, 0.4) is 0 Å². The van der Waals surface area contributed by atoms with Gasteiger partial charge in [-0.25, -0.2) is 14.4 Å². The molecule has 0 saturated carbocycles. The molecule has 8 heteroatoms. The van der Waals surface area contributed by atoms with Crippen molar-refractivity contribution >= 4 is 29.9 Å². The summed E-state index contributed by atoms with van der Waals surface area (Å²) in [5.41, 5.74) is 2.37. The van der Waals surface area contributed by atoms with Crippen molar-refractivity contribution in [3.63, 3.8) is 0 Å². The van der Waals surface area contributed by atoms with Crippen molar-refractivity contribution in [3.05, 3.63) is 77.6 Å². The lowest BCUT2D eigenvalue weighted by atomic mass is 10.2. The molecule has 0 saturated heterocycles. The standard InChI is InChI=1S/C22H26FN5O.HI/c1-4-24-22(26-14-17-6-5-7-19(12-17)29-3)27-15-18-8-9-21(20(23)13-18)28-11-10-25-16(28)2;/h5-13H,4,14-15H2,1-3H3,(H2,24,26,27);1H. The van der Waals surface area contributed by atoms with Crippen molar-refractivity contribution in [1.29, 1.82) is 0 Å². The highest BCUT2D eigenvalue weighted by Gasteiger charge is 2.08. The van der Waals surface area contributed by atoms with Crippen LogP contribution in [-0.4, -0.2) is 29.2 Å². The first-order chi connectivity index (χ1) is 14.1. The SMILES string of the molecule is CCNC(=NCc1cccc(OC)c1)NCc1ccc(-n2ccnc2C)c(F)c1.I. The number of imidazole rings is 1. The highest BCUT2D eigenvalue weighted by atomic mass is 127. The first kappa shape index (κ1) is 23.7. The molecule has 0 bridgehead atoms. The Morgan fingerprint density at radius 2 is 2.00 bits per heavy atom. The summed E-state index contributed by atoms with van der Waals surface area (Å²) in [6.45, 7) is 5.56. The molecule has 2 N–H and O–H groups in total. The van der Waals surface area contributed by atoms with E-state index in [1.807, 2.05) is 44.2 Å². The van der Waals surface area contributed by atoms with Gasteiger partial charge in [0.15, 0.2) is 5.96 Å². The summed E-state index contributed by atoms with van der Waals surface area (Å²) in [5, 5.41) is 6.46. The van der Waals surface area contributed by atoms with Gasteiger partial charge in [-0.15, -0.1) is 24.0 Å². The fraction of sp³-hybridized carbons (Fsp3) is 0.273. The molecule has 1 heterocycles. The molecule has 160 valence electrons. The van der Waals surface area contributed by atoms with E-state index >= 15 is 0 Å². The van der Waals surface area contributed by atoms with Crippen molar-refractivity contribution in [2.45, 2.75) is 26.9 Å². The Hall–Kier alpha value is -2.62. The maximum absolute atomic E-state index is 14.6. The van der Waals surface area contributed by atoms with E-state index in [1.165, 1.54) is 6.07 Å². The maximum atomic E-state index is 14.6. The summed E-state index contributed by atoms with van der Waals surface area (Å²) in [6.07, 6.45) is 3.41. The van der Waals surface area contributed by atoms with Crippen LogP contribution in [0.15, 0.2) is 59.9 Å². The highest BCUT2D eigenvalue weighted by molar-refractivity contribution is 14.0. The first-order valence-corrected chi connectivity index (χ1v) is 9.54. The lowest BCUT2D eigenvalue weighted by Gasteiger charge is -2.13. The predicted octanol–water partition coefficient (Wildman–Crippen LogP) is 4.20. The van der Waals surface area contributed by atoms with E-state index in [1.54, 1.807) is 30.1 Å². The molecule has 0 atom stereocenters. The van der Waals surface area contributed by atoms with Crippen LogP contribution in [0, 0.1) is 12.7 Å². The molecule has 0 fully saturated rings. The van der Waals surface area contributed by atoms with Crippen molar-refractivity contribution < 1.29 is 9.13 Å². The molecule has 0 aliphatic carbocycles. The summed E-state index contributed by atoms with van der Waals surface area (Å²) in [6, 6.07) is 13.0. The fourth-order valence-electron chi connectivity index (χ4n) is 2.96. The Morgan fingerprint density at radius 1 is 1.17 bits per heavy atom. The van der Waals surface area contributed by atoms with Gasteiger partial charge in [-0.1, -0.05) is 18.2 Å². The number of hydrogen-bond donors (Lipinski definition) is 2. The van der Waals surface area contributed by atoms with Crippen LogP contribution in [0.5, 0.6) is 5.75 Å². The molecule has 0 unspecified atom stereocenters.